The van der Waals surface area contributed by atoms with Crippen molar-refractivity contribution in [2.24, 2.45) is 0 Å². The number of carbonyl (C=O) groups is 3. The molecule has 0 radical (unpaired) electrons. The lowest BCUT2D eigenvalue weighted by atomic mass is 10.2. The zero-order chi connectivity index (χ0) is 20.4. The molecule has 2 aromatic carbocycles. The molecule has 1 aliphatic heterocycles. The minimum Gasteiger partial charge on any atom is -0.492 e. The van der Waals surface area contributed by atoms with Crippen LogP contribution < -0.4 is 20.3 Å². The molecule has 1 aromatic heterocycles. The number of para-hydroxylation sites is 2. The first-order valence-corrected chi connectivity index (χ1v) is 9.90. The van der Waals surface area contributed by atoms with E-state index in [9.17, 15) is 14.4 Å². The van der Waals surface area contributed by atoms with Crippen LogP contribution in [0.25, 0.3) is 10.2 Å². The predicted octanol–water partition coefficient (Wildman–Crippen LogP) is 3.15. The number of rotatable bonds is 6. The highest BCUT2D eigenvalue weighted by molar-refractivity contribution is 7.22. The normalized spacial score (nSPS) is 16.2. The van der Waals surface area contributed by atoms with Crippen LogP contribution in [0.5, 0.6) is 5.75 Å². The summed E-state index contributed by atoms with van der Waals surface area (Å²) in [4.78, 5) is 42.7. The number of anilines is 2. The third kappa shape index (κ3) is 3.77. The molecule has 0 saturated carbocycles. The van der Waals surface area contributed by atoms with Gasteiger partial charge in [-0.2, -0.15) is 0 Å². The summed E-state index contributed by atoms with van der Waals surface area (Å²) in [6.07, 6.45) is -0.178. The van der Waals surface area contributed by atoms with Crippen molar-refractivity contribution in [1.29, 1.82) is 0 Å². The van der Waals surface area contributed by atoms with E-state index in [-0.39, 0.29) is 6.42 Å². The van der Waals surface area contributed by atoms with Gasteiger partial charge in [-0.1, -0.05) is 35.6 Å². The minimum absolute atomic E-state index is 0.178. The maximum atomic E-state index is 12.6. The Morgan fingerprint density at radius 1 is 1.21 bits per heavy atom. The molecule has 1 fully saturated rings. The largest absolute Gasteiger partial charge is 0.492 e. The van der Waals surface area contributed by atoms with Gasteiger partial charge in [-0.3, -0.25) is 9.59 Å². The standard InChI is InChI=1S/C20H18N4O4S/c1-2-28-14-9-6-10-15-17(14)23-19(29-15)22-16(25)11-13-18(26)24(20(27)21-13)12-7-4-3-5-8-12/h3-10,13H,2,11H2,1H3,(H,21,27)(H,22,23,25). The number of ether oxygens (including phenoxy) is 1. The van der Waals surface area contributed by atoms with E-state index in [4.69, 9.17) is 4.74 Å². The second-order valence-electron chi connectivity index (χ2n) is 6.32. The Morgan fingerprint density at radius 2 is 2.00 bits per heavy atom. The van der Waals surface area contributed by atoms with Crippen LogP contribution in [0.4, 0.5) is 15.6 Å². The van der Waals surface area contributed by atoms with Gasteiger partial charge in [-0.15, -0.1) is 0 Å². The van der Waals surface area contributed by atoms with Crippen molar-refractivity contribution in [2.75, 3.05) is 16.8 Å². The van der Waals surface area contributed by atoms with Crippen molar-refractivity contribution in [2.45, 2.75) is 19.4 Å². The molecule has 1 saturated heterocycles. The molecule has 1 aliphatic rings. The summed E-state index contributed by atoms with van der Waals surface area (Å²) >= 11 is 1.32. The number of amides is 4. The third-order valence-electron chi connectivity index (χ3n) is 4.35. The van der Waals surface area contributed by atoms with Gasteiger partial charge in [0.15, 0.2) is 5.13 Å². The minimum atomic E-state index is -0.920. The van der Waals surface area contributed by atoms with Crippen LogP contribution in [0.15, 0.2) is 48.5 Å². The molecule has 2 heterocycles. The van der Waals surface area contributed by atoms with Gasteiger partial charge in [0.25, 0.3) is 5.91 Å². The molecule has 3 aromatic rings. The van der Waals surface area contributed by atoms with E-state index in [1.165, 1.54) is 11.3 Å². The number of benzene rings is 2. The van der Waals surface area contributed by atoms with E-state index < -0.39 is 23.9 Å². The zero-order valence-corrected chi connectivity index (χ0v) is 16.4. The number of nitrogens with zero attached hydrogens (tertiary/aromatic N) is 2. The van der Waals surface area contributed by atoms with Crippen molar-refractivity contribution >= 4 is 50.2 Å². The molecule has 0 spiro atoms. The third-order valence-corrected chi connectivity index (χ3v) is 5.29. The predicted molar refractivity (Wildman–Crippen MR) is 110 cm³/mol. The molecule has 148 valence electrons. The van der Waals surface area contributed by atoms with E-state index in [0.29, 0.717) is 28.7 Å². The van der Waals surface area contributed by atoms with Gasteiger partial charge in [0.05, 0.1) is 23.4 Å². The highest BCUT2D eigenvalue weighted by Gasteiger charge is 2.40. The number of aromatic nitrogens is 1. The number of thiazole rings is 1. The van der Waals surface area contributed by atoms with Crippen LogP contribution in [-0.4, -0.2) is 35.5 Å². The summed E-state index contributed by atoms with van der Waals surface area (Å²) in [5.41, 5.74) is 1.14. The molecule has 9 heteroatoms. The molecule has 0 aliphatic carbocycles. The number of carbonyl (C=O) groups excluding carboxylic acids is 3. The van der Waals surface area contributed by atoms with Crippen LogP contribution in [0, 0.1) is 0 Å². The quantitative estimate of drug-likeness (QED) is 0.608. The van der Waals surface area contributed by atoms with E-state index >= 15 is 0 Å². The van der Waals surface area contributed by atoms with Gasteiger partial charge in [-0.05, 0) is 31.2 Å². The fraction of sp³-hybridized carbons (Fsp3) is 0.200. The van der Waals surface area contributed by atoms with E-state index in [0.717, 1.165) is 9.60 Å². The average molecular weight is 410 g/mol. The molecule has 8 nitrogen and oxygen atoms in total. The SMILES string of the molecule is CCOc1cccc2sc(NC(=O)CC3NC(=O)N(c4ccccc4)C3=O)nc12. The highest BCUT2D eigenvalue weighted by atomic mass is 32.1. The van der Waals surface area contributed by atoms with Gasteiger partial charge in [-0.25, -0.2) is 14.7 Å². The summed E-state index contributed by atoms with van der Waals surface area (Å²) < 4.78 is 6.44. The Hall–Kier alpha value is -3.46. The Balaban J connectivity index is 1.45. The fourth-order valence-electron chi connectivity index (χ4n) is 3.10. The molecular formula is C20H18N4O4S. The Morgan fingerprint density at radius 3 is 2.76 bits per heavy atom. The maximum absolute atomic E-state index is 12.6. The lowest BCUT2D eigenvalue weighted by molar-refractivity contribution is -0.122. The Kier molecular flexibility index (Phi) is 5.13. The maximum Gasteiger partial charge on any atom is 0.329 e. The molecule has 0 bridgehead atoms. The van der Waals surface area contributed by atoms with E-state index in [1.807, 2.05) is 25.1 Å². The van der Waals surface area contributed by atoms with Crippen LogP contribution in [0.1, 0.15) is 13.3 Å². The van der Waals surface area contributed by atoms with Crippen molar-refractivity contribution < 1.29 is 19.1 Å². The summed E-state index contributed by atoms with van der Waals surface area (Å²) in [7, 11) is 0. The van der Waals surface area contributed by atoms with Crippen LogP contribution in [-0.2, 0) is 9.59 Å². The summed E-state index contributed by atoms with van der Waals surface area (Å²) in [6, 6.07) is 12.7. The van der Waals surface area contributed by atoms with Gasteiger partial charge < -0.3 is 15.4 Å². The molecule has 2 N–H and O–H groups in total. The first-order valence-electron chi connectivity index (χ1n) is 9.08. The number of urea groups is 1. The monoisotopic (exact) mass is 410 g/mol. The molecule has 4 rings (SSSR count). The van der Waals surface area contributed by atoms with Gasteiger partial charge in [0.1, 0.15) is 17.3 Å². The van der Waals surface area contributed by atoms with E-state index in [2.05, 4.69) is 15.6 Å². The highest BCUT2D eigenvalue weighted by Crippen LogP contribution is 2.32. The molecule has 4 amide bonds. The summed E-state index contributed by atoms with van der Waals surface area (Å²) in [6.45, 7) is 2.40. The first kappa shape index (κ1) is 18.9. The molecular weight excluding hydrogens is 392 g/mol. The Bertz CT molecular complexity index is 1080. The summed E-state index contributed by atoms with van der Waals surface area (Å²) in [5.74, 6) is -0.214. The van der Waals surface area contributed by atoms with Crippen molar-refractivity contribution in [1.82, 2.24) is 10.3 Å². The number of hydrogen-bond acceptors (Lipinski definition) is 6. The lowest BCUT2D eigenvalue weighted by Crippen LogP contribution is -2.34. The Labute approximate surface area is 170 Å². The fourth-order valence-corrected chi connectivity index (χ4v) is 4.00. The zero-order valence-electron chi connectivity index (χ0n) is 15.5. The van der Waals surface area contributed by atoms with Gasteiger partial charge in [0.2, 0.25) is 5.91 Å². The van der Waals surface area contributed by atoms with Crippen molar-refractivity contribution in [3.63, 3.8) is 0 Å². The summed E-state index contributed by atoms with van der Waals surface area (Å²) in [5, 5.41) is 5.68. The van der Waals surface area contributed by atoms with E-state index in [1.54, 1.807) is 30.3 Å². The van der Waals surface area contributed by atoms with Crippen molar-refractivity contribution in [3.8, 4) is 5.75 Å². The number of nitrogens with one attached hydrogen (secondary N) is 2. The van der Waals surface area contributed by atoms with Crippen molar-refractivity contribution in [3.05, 3.63) is 48.5 Å². The molecule has 1 unspecified atom stereocenters. The van der Waals surface area contributed by atoms with Crippen LogP contribution in [0.2, 0.25) is 0 Å². The van der Waals surface area contributed by atoms with Gasteiger partial charge in [0, 0.05) is 0 Å². The molecule has 1 atom stereocenters. The van der Waals surface area contributed by atoms with Gasteiger partial charge >= 0.3 is 6.03 Å². The topological polar surface area (TPSA) is 101 Å². The smallest absolute Gasteiger partial charge is 0.329 e. The number of hydrogen-bond donors (Lipinski definition) is 2. The number of fused-ring (bicyclic) bond motifs is 1. The van der Waals surface area contributed by atoms with Crippen LogP contribution >= 0.6 is 11.3 Å². The number of imide groups is 1. The second kappa shape index (κ2) is 7.88. The lowest BCUT2D eigenvalue weighted by Gasteiger charge is -2.12. The average Bonchev–Trinajstić information content (AvgIpc) is 3.23. The van der Waals surface area contributed by atoms with Crippen LogP contribution in [0.3, 0.4) is 0 Å². The second-order valence-corrected chi connectivity index (χ2v) is 7.35. The first-order chi connectivity index (χ1) is 14.1. The molecule has 29 heavy (non-hydrogen) atoms.